The Morgan fingerprint density at radius 2 is 2.20 bits per heavy atom. The van der Waals surface area contributed by atoms with Crippen LogP contribution in [0.2, 0.25) is 0 Å². The first-order chi connectivity index (χ1) is 7.36. The highest BCUT2D eigenvalue weighted by atomic mass is 32.2. The van der Waals surface area contributed by atoms with Crippen LogP contribution >= 0.6 is 11.8 Å². The predicted molar refractivity (Wildman–Crippen MR) is 61.0 cm³/mol. The van der Waals surface area contributed by atoms with E-state index in [1.807, 2.05) is 35.2 Å². The van der Waals surface area contributed by atoms with Crippen LogP contribution in [0.15, 0.2) is 30.3 Å². The molecule has 2 rings (SSSR count). The van der Waals surface area contributed by atoms with E-state index in [1.165, 1.54) is 0 Å². The van der Waals surface area contributed by atoms with Crippen molar-refractivity contribution in [2.45, 2.75) is 0 Å². The molecule has 0 spiro atoms. The Morgan fingerprint density at radius 1 is 1.40 bits per heavy atom. The average molecular weight is 223 g/mol. The van der Waals surface area contributed by atoms with E-state index in [4.69, 9.17) is 4.74 Å². The lowest BCUT2D eigenvalue weighted by atomic mass is 10.3. The second kappa shape index (κ2) is 5.07. The van der Waals surface area contributed by atoms with Gasteiger partial charge in [-0.1, -0.05) is 18.2 Å². The zero-order valence-corrected chi connectivity index (χ0v) is 9.20. The van der Waals surface area contributed by atoms with Crippen LogP contribution in [-0.2, 0) is 4.79 Å². The zero-order valence-electron chi connectivity index (χ0n) is 8.39. The number of rotatable bonds is 3. The Hall–Kier alpha value is -1.16. The first-order valence-corrected chi connectivity index (χ1v) is 6.05. The largest absolute Gasteiger partial charge is 0.484 e. The number of carbonyl (C=O) groups is 1. The Labute approximate surface area is 93.4 Å². The summed E-state index contributed by atoms with van der Waals surface area (Å²) < 4.78 is 5.38. The number of amides is 1. The third-order valence-corrected chi connectivity index (χ3v) is 3.18. The lowest BCUT2D eigenvalue weighted by Gasteiger charge is -2.14. The van der Waals surface area contributed by atoms with Gasteiger partial charge in [0.1, 0.15) is 5.75 Å². The van der Waals surface area contributed by atoms with Gasteiger partial charge in [0.15, 0.2) is 6.61 Å². The number of hydrogen-bond acceptors (Lipinski definition) is 3. The smallest absolute Gasteiger partial charge is 0.261 e. The van der Waals surface area contributed by atoms with Gasteiger partial charge in [0.05, 0.1) is 5.88 Å². The van der Waals surface area contributed by atoms with Crippen molar-refractivity contribution in [1.82, 2.24) is 4.90 Å². The lowest BCUT2D eigenvalue weighted by molar-refractivity contribution is -0.131. The number of carbonyl (C=O) groups excluding carboxylic acids is 1. The summed E-state index contributed by atoms with van der Waals surface area (Å²) in [4.78, 5) is 13.4. The summed E-state index contributed by atoms with van der Waals surface area (Å²) in [7, 11) is 0. The molecule has 0 bridgehead atoms. The Balaban J connectivity index is 1.80. The summed E-state index contributed by atoms with van der Waals surface area (Å²) in [5, 5.41) is 0. The van der Waals surface area contributed by atoms with Crippen LogP contribution in [0.4, 0.5) is 0 Å². The SMILES string of the molecule is O=C(COc1ccccc1)N1CCSC1. The summed E-state index contributed by atoms with van der Waals surface area (Å²) >= 11 is 1.78. The van der Waals surface area contributed by atoms with E-state index in [2.05, 4.69) is 0 Å². The van der Waals surface area contributed by atoms with Gasteiger partial charge >= 0.3 is 0 Å². The molecular weight excluding hydrogens is 210 g/mol. The molecule has 0 atom stereocenters. The number of para-hydroxylation sites is 1. The van der Waals surface area contributed by atoms with Crippen LogP contribution < -0.4 is 4.74 Å². The molecule has 1 aromatic rings. The third kappa shape index (κ3) is 2.89. The van der Waals surface area contributed by atoms with Crippen molar-refractivity contribution >= 4 is 17.7 Å². The predicted octanol–water partition coefficient (Wildman–Crippen LogP) is 1.60. The fourth-order valence-corrected chi connectivity index (χ4v) is 2.34. The van der Waals surface area contributed by atoms with Crippen LogP contribution in [0.5, 0.6) is 5.75 Å². The molecule has 0 unspecified atom stereocenters. The Kier molecular flexibility index (Phi) is 3.50. The first-order valence-electron chi connectivity index (χ1n) is 4.89. The summed E-state index contributed by atoms with van der Waals surface area (Å²) in [5.41, 5.74) is 0. The van der Waals surface area contributed by atoms with Crippen molar-refractivity contribution in [2.24, 2.45) is 0 Å². The standard InChI is InChI=1S/C11H13NO2S/c13-11(12-6-7-15-9-12)8-14-10-4-2-1-3-5-10/h1-5H,6-9H2. The summed E-state index contributed by atoms with van der Waals surface area (Å²) in [6, 6.07) is 9.42. The van der Waals surface area contributed by atoms with Crippen molar-refractivity contribution < 1.29 is 9.53 Å². The normalized spacial score (nSPS) is 15.3. The van der Waals surface area contributed by atoms with Crippen molar-refractivity contribution in [1.29, 1.82) is 0 Å². The molecule has 4 heteroatoms. The molecular formula is C11H13NO2S. The highest BCUT2D eigenvalue weighted by Gasteiger charge is 2.18. The lowest BCUT2D eigenvalue weighted by Crippen LogP contribution is -2.32. The minimum atomic E-state index is 0.0730. The van der Waals surface area contributed by atoms with Crippen molar-refractivity contribution in [3.8, 4) is 5.75 Å². The fourth-order valence-electron chi connectivity index (χ4n) is 1.36. The molecule has 1 amide bonds. The molecule has 0 saturated carbocycles. The molecule has 1 heterocycles. The third-order valence-electron chi connectivity index (χ3n) is 2.21. The highest BCUT2D eigenvalue weighted by molar-refractivity contribution is 7.99. The van der Waals surface area contributed by atoms with Gasteiger partial charge in [0.25, 0.3) is 5.91 Å². The summed E-state index contributed by atoms with van der Waals surface area (Å²) in [6.45, 7) is 0.992. The van der Waals surface area contributed by atoms with Gasteiger partial charge in [0, 0.05) is 12.3 Å². The maximum Gasteiger partial charge on any atom is 0.261 e. The monoisotopic (exact) mass is 223 g/mol. The van der Waals surface area contributed by atoms with Gasteiger partial charge in [-0.25, -0.2) is 0 Å². The van der Waals surface area contributed by atoms with E-state index >= 15 is 0 Å². The molecule has 1 aliphatic rings. The molecule has 0 N–H and O–H groups in total. The van der Waals surface area contributed by atoms with Crippen molar-refractivity contribution in [3.05, 3.63) is 30.3 Å². The minimum absolute atomic E-state index is 0.0730. The van der Waals surface area contributed by atoms with Gasteiger partial charge in [-0.15, -0.1) is 11.8 Å². The van der Waals surface area contributed by atoms with E-state index in [9.17, 15) is 4.79 Å². The number of benzene rings is 1. The first kappa shape index (κ1) is 10.4. The number of hydrogen-bond donors (Lipinski definition) is 0. The van der Waals surface area contributed by atoms with Gasteiger partial charge in [-0.05, 0) is 12.1 Å². The Bertz CT molecular complexity index is 323. The molecule has 0 radical (unpaired) electrons. The molecule has 1 aromatic carbocycles. The van der Waals surface area contributed by atoms with E-state index in [-0.39, 0.29) is 12.5 Å². The minimum Gasteiger partial charge on any atom is -0.484 e. The van der Waals surface area contributed by atoms with Crippen molar-refractivity contribution in [2.75, 3.05) is 24.8 Å². The van der Waals surface area contributed by atoms with Gasteiger partial charge in [-0.3, -0.25) is 4.79 Å². The van der Waals surface area contributed by atoms with Crippen LogP contribution in [0.1, 0.15) is 0 Å². The molecule has 1 aliphatic heterocycles. The van der Waals surface area contributed by atoms with Crippen LogP contribution in [0.25, 0.3) is 0 Å². The van der Waals surface area contributed by atoms with Gasteiger partial charge in [0.2, 0.25) is 0 Å². The molecule has 80 valence electrons. The van der Waals surface area contributed by atoms with E-state index in [1.54, 1.807) is 11.8 Å². The number of ether oxygens (including phenoxy) is 1. The topological polar surface area (TPSA) is 29.5 Å². The molecule has 1 saturated heterocycles. The fraction of sp³-hybridized carbons (Fsp3) is 0.364. The van der Waals surface area contributed by atoms with Crippen LogP contribution in [-0.4, -0.2) is 35.6 Å². The average Bonchev–Trinajstić information content (AvgIpc) is 2.81. The Morgan fingerprint density at radius 3 is 2.87 bits per heavy atom. The number of nitrogens with zero attached hydrogens (tertiary/aromatic N) is 1. The molecule has 3 nitrogen and oxygen atoms in total. The van der Waals surface area contributed by atoms with Crippen molar-refractivity contribution in [3.63, 3.8) is 0 Å². The second-order valence-electron chi connectivity index (χ2n) is 3.30. The van der Waals surface area contributed by atoms with E-state index < -0.39 is 0 Å². The van der Waals surface area contributed by atoms with Crippen LogP contribution in [0, 0.1) is 0 Å². The van der Waals surface area contributed by atoms with Gasteiger partial charge in [-0.2, -0.15) is 0 Å². The summed E-state index contributed by atoms with van der Waals surface area (Å²) in [5.74, 6) is 2.66. The van der Waals surface area contributed by atoms with Crippen LogP contribution in [0.3, 0.4) is 0 Å². The number of thioether (sulfide) groups is 1. The summed E-state index contributed by atoms with van der Waals surface area (Å²) in [6.07, 6.45) is 0. The second-order valence-corrected chi connectivity index (χ2v) is 4.37. The van der Waals surface area contributed by atoms with E-state index in [0.29, 0.717) is 0 Å². The zero-order chi connectivity index (χ0) is 10.5. The molecule has 1 fully saturated rings. The molecule has 15 heavy (non-hydrogen) atoms. The highest BCUT2D eigenvalue weighted by Crippen LogP contribution is 2.14. The molecule has 0 aromatic heterocycles. The molecule has 0 aliphatic carbocycles. The maximum absolute atomic E-state index is 11.6. The van der Waals surface area contributed by atoms with Gasteiger partial charge < -0.3 is 9.64 Å². The quantitative estimate of drug-likeness (QED) is 0.779. The van der Waals surface area contributed by atoms with E-state index in [0.717, 1.165) is 23.9 Å². The maximum atomic E-state index is 11.6.